The molecular formula is C39H58O3Si. The van der Waals surface area contributed by atoms with Gasteiger partial charge < -0.3 is 9.53 Å². The summed E-state index contributed by atoms with van der Waals surface area (Å²) in [6.45, 7) is 10.7. The number of hydrogen-bond donors (Lipinski definition) is 1. The van der Waals surface area contributed by atoms with E-state index in [4.69, 9.17) is 4.74 Å². The topological polar surface area (TPSA) is 46.5 Å². The summed E-state index contributed by atoms with van der Waals surface area (Å²) in [6, 6.07) is 20.1. The zero-order chi connectivity index (χ0) is 30.7. The van der Waals surface area contributed by atoms with Crippen molar-refractivity contribution in [3.05, 3.63) is 72.8 Å². The lowest BCUT2D eigenvalue weighted by molar-refractivity contribution is -0.146. The lowest BCUT2D eigenvalue weighted by Crippen LogP contribution is -2.65. The van der Waals surface area contributed by atoms with E-state index in [9.17, 15) is 9.59 Å². The molecular weight excluding hydrogens is 545 g/mol. The zero-order valence-corrected chi connectivity index (χ0v) is 28.4. The number of benzene rings is 2. The second-order valence-corrected chi connectivity index (χ2v) is 18.3. The lowest BCUT2D eigenvalue weighted by atomic mass is 9.70. The molecule has 2 aliphatic carbocycles. The Balaban J connectivity index is 1.22. The van der Waals surface area contributed by atoms with Crippen LogP contribution in [-0.2, 0) is 9.53 Å². The summed E-state index contributed by atoms with van der Waals surface area (Å²) in [5.74, 6) is 2.40. The lowest BCUT2D eigenvalue weighted by Gasteiger charge is -2.41. The molecule has 2 aromatic carbocycles. The monoisotopic (exact) mass is 602 g/mol. The van der Waals surface area contributed by atoms with Crippen molar-refractivity contribution in [1.29, 1.82) is 0 Å². The van der Waals surface area contributed by atoms with E-state index >= 15 is 0 Å². The highest BCUT2D eigenvalue weighted by Gasteiger charge is 2.49. The van der Waals surface area contributed by atoms with Crippen LogP contribution in [0.3, 0.4) is 0 Å². The first-order valence-electron chi connectivity index (χ1n) is 17.5. The average Bonchev–Trinajstić information content (AvgIpc) is 3.04. The minimum atomic E-state index is -3.11. The number of ether oxygens (including phenoxy) is 1. The van der Waals surface area contributed by atoms with Gasteiger partial charge >= 0.3 is 5.97 Å². The molecule has 0 bridgehead atoms. The van der Waals surface area contributed by atoms with Gasteiger partial charge in [0.15, 0.2) is 0 Å². The second-order valence-electron chi connectivity index (χ2n) is 14.4. The molecule has 43 heavy (non-hydrogen) atoms. The van der Waals surface area contributed by atoms with Crippen LogP contribution in [0.5, 0.6) is 0 Å². The van der Waals surface area contributed by atoms with Crippen LogP contribution < -0.4 is 10.4 Å². The summed E-state index contributed by atoms with van der Waals surface area (Å²) in [7, 11) is -3.11. The van der Waals surface area contributed by atoms with E-state index in [0.29, 0.717) is 18.4 Å². The standard InChI is InChI=1S/C39H58O3Si/c1-5-6-7-8-11-16-32-21-23-33(24-22-32)34-25-27-35(28-26-34)42-38(40)31(2)29-30-39(3,4)43(41,36-17-12-9-13-18-36)37-19-14-10-15-20-37/h9-10,12-15,17-20,32-35,41H,2,5-8,11,16,21-30H2,1,3-4H3. The van der Waals surface area contributed by atoms with Gasteiger partial charge in [0, 0.05) is 5.57 Å². The highest BCUT2D eigenvalue weighted by atomic mass is 28.4. The number of carbonyl (C=O) groups excluding carboxylic acids is 1. The Morgan fingerprint density at radius 1 is 0.814 bits per heavy atom. The Hall–Kier alpha value is -2.17. The van der Waals surface area contributed by atoms with Crippen molar-refractivity contribution >= 4 is 24.7 Å². The largest absolute Gasteiger partial charge is 0.459 e. The summed E-state index contributed by atoms with van der Waals surface area (Å²) in [5, 5.41) is 1.57. The normalized spacial score (nSPS) is 23.1. The van der Waals surface area contributed by atoms with E-state index in [-0.39, 0.29) is 12.1 Å². The Labute approximate surface area is 263 Å². The zero-order valence-electron chi connectivity index (χ0n) is 27.4. The number of carbonyl (C=O) groups is 1. The van der Waals surface area contributed by atoms with Crippen molar-refractivity contribution in [3.8, 4) is 0 Å². The fourth-order valence-corrected chi connectivity index (χ4v) is 11.7. The molecule has 2 aromatic rings. The predicted octanol–water partition coefficient (Wildman–Crippen LogP) is 9.12. The molecule has 0 amide bonds. The third-order valence-corrected chi connectivity index (χ3v) is 15.5. The highest BCUT2D eigenvalue weighted by Crippen LogP contribution is 2.43. The number of hydrogen-bond acceptors (Lipinski definition) is 3. The van der Waals surface area contributed by atoms with Gasteiger partial charge in [0.1, 0.15) is 6.10 Å². The molecule has 0 aromatic heterocycles. The fourth-order valence-electron chi connectivity index (χ4n) is 7.95. The average molecular weight is 603 g/mol. The maximum atomic E-state index is 13.1. The van der Waals surface area contributed by atoms with Crippen LogP contribution in [0.25, 0.3) is 0 Å². The molecule has 0 unspecified atom stereocenters. The smallest absolute Gasteiger partial charge is 0.333 e. The first-order chi connectivity index (χ1) is 20.7. The molecule has 4 rings (SSSR count). The second kappa shape index (κ2) is 16.2. The summed E-state index contributed by atoms with van der Waals surface area (Å²) in [5.41, 5.74) is 0.528. The van der Waals surface area contributed by atoms with E-state index in [1.807, 2.05) is 60.7 Å². The van der Waals surface area contributed by atoms with Gasteiger partial charge in [0.2, 0.25) is 0 Å². The van der Waals surface area contributed by atoms with Gasteiger partial charge in [0.25, 0.3) is 8.32 Å². The molecule has 0 radical (unpaired) electrons. The molecule has 1 N–H and O–H groups in total. The van der Waals surface area contributed by atoms with Gasteiger partial charge in [-0.25, -0.2) is 4.79 Å². The van der Waals surface area contributed by atoms with Gasteiger partial charge in [-0.05, 0) is 84.5 Å². The highest BCUT2D eigenvalue weighted by molar-refractivity contribution is 6.98. The van der Waals surface area contributed by atoms with Gasteiger partial charge in [0.05, 0.1) is 0 Å². The van der Waals surface area contributed by atoms with Crippen LogP contribution in [0.1, 0.15) is 124 Å². The Bertz CT molecular complexity index is 1070. The molecule has 0 heterocycles. The number of rotatable bonds is 15. The molecule has 0 saturated heterocycles. The van der Waals surface area contributed by atoms with Gasteiger partial charge in [-0.2, -0.15) is 0 Å². The third-order valence-electron chi connectivity index (χ3n) is 11.0. The molecule has 2 saturated carbocycles. The number of unbranched alkanes of at least 4 members (excludes halogenated alkanes) is 4. The molecule has 2 aliphatic rings. The maximum Gasteiger partial charge on any atom is 0.333 e. The van der Waals surface area contributed by atoms with Crippen molar-refractivity contribution in [2.75, 3.05) is 0 Å². The Kier molecular flexibility index (Phi) is 12.7. The van der Waals surface area contributed by atoms with E-state index in [0.717, 1.165) is 41.0 Å². The van der Waals surface area contributed by atoms with Gasteiger partial charge in [-0.1, -0.05) is 139 Å². The predicted molar refractivity (Wildman–Crippen MR) is 183 cm³/mol. The summed E-state index contributed by atoms with van der Waals surface area (Å²) < 4.78 is 6.01. The van der Waals surface area contributed by atoms with Crippen LogP contribution in [0.15, 0.2) is 72.8 Å². The number of esters is 1. The van der Waals surface area contributed by atoms with Crippen LogP contribution in [0, 0.1) is 17.8 Å². The minimum absolute atomic E-state index is 0.0212. The van der Waals surface area contributed by atoms with Crippen molar-refractivity contribution in [2.24, 2.45) is 17.8 Å². The Morgan fingerprint density at radius 3 is 1.86 bits per heavy atom. The van der Waals surface area contributed by atoms with E-state index in [1.54, 1.807) is 0 Å². The van der Waals surface area contributed by atoms with Crippen LogP contribution in [0.2, 0.25) is 5.04 Å². The third kappa shape index (κ3) is 8.94. The molecule has 2 fully saturated rings. The first-order valence-corrected chi connectivity index (χ1v) is 19.4. The van der Waals surface area contributed by atoms with Crippen LogP contribution >= 0.6 is 0 Å². The van der Waals surface area contributed by atoms with Crippen molar-refractivity contribution < 1.29 is 14.3 Å². The maximum absolute atomic E-state index is 13.1. The van der Waals surface area contributed by atoms with Crippen LogP contribution in [-0.4, -0.2) is 25.2 Å². The molecule has 0 atom stereocenters. The van der Waals surface area contributed by atoms with Crippen molar-refractivity contribution in [2.45, 2.75) is 135 Å². The molecule has 236 valence electrons. The fraction of sp³-hybridized carbons (Fsp3) is 0.615. The SMILES string of the molecule is C=C(CCC(C)(C)[Si](O)(c1ccccc1)c1ccccc1)C(=O)OC1CCC(C2CCC(CCCCCCC)CC2)CC1. The molecule has 0 spiro atoms. The molecule has 0 aliphatic heterocycles. The minimum Gasteiger partial charge on any atom is -0.459 e. The van der Waals surface area contributed by atoms with Crippen molar-refractivity contribution in [3.63, 3.8) is 0 Å². The summed E-state index contributed by atoms with van der Waals surface area (Å²) in [4.78, 5) is 25.5. The first kappa shape index (κ1) is 33.7. The Morgan fingerprint density at radius 2 is 1.33 bits per heavy atom. The van der Waals surface area contributed by atoms with E-state index in [1.165, 1.54) is 77.0 Å². The van der Waals surface area contributed by atoms with Crippen molar-refractivity contribution in [1.82, 2.24) is 0 Å². The van der Waals surface area contributed by atoms with Gasteiger partial charge in [-0.15, -0.1) is 0 Å². The summed E-state index contributed by atoms with van der Waals surface area (Å²) >= 11 is 0. The van der Waals surface area contributed by atoms with Gasteiger partial charge in [-0.3, -0.25) is 0 Å². The van der Waals surface area contributed by atoms with E-state index in [2.05, 4.69) is 27.4 Å². The van der Waals surface area contributed by atoms with E-state index < -0.39 is 13.4 Å². The quantitative estimate of drug-likeness (QED) is 0.0957. The molecule has 3 nitrogen and oxygen atoms in total. The molecule has 4 heteroatoms. The van der Waals surface area contributed by atoms with Crippen LogP contribution in [0.4, 0.5) is 0 Å². The summed E-state index contributed by atoms with van der Waals surface area (Å²) in [6.07, 6.45) is 19.7.